The number of nitrogens with zero attached hydrogens (tertiary/aromatic N) is 2. The maximum atomic E-state index is 14.8. The highest BCUT2D eigenvalue weighted by Gasteiger charge is 2.66. The number of amides is 4. The van der Waals surface area contributed by atoms with Crippen LogP contribution in [0.4, 0.5) is 26.3 Å². The number of nitriles is 1. The highest BCUT2D eigenvalue weighted by Crippen LogP contribution is 2.58. The smallest absolute Gasteiger partial charge is 0.356 e. The first kappa shape index (κ1) is 30.9. The predicted molar refractivity (Wildman–Crippen MR) is 129 cm³/mol. The van der Waals surface area contributed by atoms with Gasteiger partial charge in [-0.15, -0.1) is 0 Å². The number of halogens is 6. The van der Waals surface area contributed by atoms with Gasteiger partial charge in [0.05, 0.1) is 6.07 Å². The fourth-order valence-corrected chi connectivity index (χ4v) is 6.99. The minimum Gasteiger partial charge on any atom is -0.356 e. The number of rotatable bonds is 7. The molecule has 0 aromatic rings. The molecule has 6 unspecified atom stereocenters. The van der Waals surface area contributed by atoms with E-state index in [1.165, 1.54) is 20.8 Å². The summed E-state index contributed by atoms with van der Waals surface area (Å²) in [6, 6.07) is -2.44. The van der Waals surface area contributed by atoms with Crippen LogP contribution >= 0.6 is 0 Å². The van der Waals surface area contributed by atoms with Gasteiger partial charge in [-0.25, -0.2) is 4.39 Å². The fourth-order valence-electron chi connectivity index (χ4n) is 6.99. The van der Waals surface area contributed by atoms with E-state index in [4.69, 9.17) is 0 Å². The van der Waals surface area contributed by atoms with Crippen molar-refractivity contribution in [2.24, 2.45) is 35.0 Å². The van der Waals surface area contributed by atoms with E-state index in [1.807, 2.05) is 6.07 Å². The molecular formula is C26H33F6N5O4. The van der Waals surface area contributed by atoms with Gasteiger partial charge in [-0.2, -0.15) is 27.2 Å². The Hall–Kier alpha value is -3.05. The van der Waals surface area contributed by atoms with E-state index < -0.39 is 77.3 Å². The molecule has 4 rings (SSSR count). The van der Waals surface area contributed by atoms with Crippen LogP contribution in [-0.4, -0.2) is 78.0 Å². The van der Waals surface area contributed by atoms with E-state index >= 15 is 0 Å². The summed E-state index contributed by atoms with van der Waals surface area (Å²) in [7, 11) is 0. The molecule has 9 nitrogen and oxygen atoms in total. The van der Waals surface area contributed by atoms with Gasteiger partial charge in [0.15, 0.2) is 0 Å². The number of carbonyl (C=O) groups is 4. The molecule has 4 aliphatic rings. The van der Waals surface area contributed by atoms with Gasteiger partial charge >= 0.3 is 18.0 Å². The maximum absolute atomic E-state index is 14.8. The number of carbonyl (C=O) groups excluding carboxylic acids is 4. The Balaban J connectivity index is 1.62. The summed E-state index contributed by atoms with van der Waals surface area (Å²) in [4.78, 5) is 52.6. The molecule has 3 N–H and O–H groups in total. The van der Waals surface area contributed by atoms with E-state index in [0.29, 0.717) is 19.4 Å². The van der Waals surface area contributed by atoms with Crippen LogP contribution in [0, 0.1) is 46.3 Å². The highest BCUT2D eigenvalue weighted by molar-refractivity contribution is 5.95. The lowest BCUT2D eigenvalue weighted by Gasteiger charge is -2.37. The van der Waals surface area contributed by atoms with Crippen LogP contribution < -0.4 is 16.0 Å². The van der Waals surface area contributed by atoms with Crippen LogP contribution in [0.25, 0.3) is 0 Å². The van der Waals surface area contributed by atoms with E-state index in [1.54, 1.807) is 5.32 Å². The maximum Gasteiger partial charge on any atom is 0.463 e. The summed E-state index contributed by atoms with van der Waals surface area (Å²) in [5, 5.41) is 16.4. The number of nitrogens with one attached hydrogen (secondary N) is 3. The highest BCUT2D eigenvalue weighted by atomic mass is 19.4. The zero-order valence-electron chi connectivity index (χ0n) is 22.7. The second kappa shape index (κ2) is 10.7. The van der Waals surface area contributed by atoms with Crippen LogP contribution in [0.3, 0.4) is 0 Å². The standard InChI is InChI=1S/C26H33F6N5O4/c1-24(2,3)19(36-23(41)25(28,29)26(30,31)32)22(40)37-10-15-12-7-14(16(27)8-12)17(15)18(37)21(39)35-13(9-33)6-11-4-5-34-20(11)38/h11-19H,4-8,10H2,1-3H3,(H,34,38)(H,35,39)(H,36,41)/t11-,12?,13-,14?,15?,16?,17?,18?,19+/m0/s1. The van der Waals surface area contributed by atoms with Gasteiger partial charge in [0.1, 0.15) is 24.3 Å². The monoisotopic (exact) mass is 593 g/mol. The molecule has 9 atom stereocenters. The van der Waals surface area contributed by atoms with Crippen molar-refractivity contribution in [2.75, 3.05) is 13.1 Å². The van der Waals surface area contributed by atoms with Gasteiger partial charge in [0.25, 0.3) is 0 Å². The number of hydrogen-bond donors (Lipinski definition) is 3. The van der Waals surface area contributed by atoms with E-state index in [-0.39, 0.29) is 37.1 Å². The number of fused-ring (bicyclic) bond motifs is 5. The minimum atomic E-state index is -6.20. The Morgan fingerprint density at radius 2 is 1.76 bits per heavy atom. The second-order valence-electron chi connectivity index (χ2n) is 12.6. The van der Waals surface area contributed by atoms with E-state index in [2.05, 4.69) is 10.6 Å². The lowest BCUT2D eigenvalue weighted by Crippen LogP contribution is -2.62. The molecule has 0 radical (unpaired) electrons. The topological polar surface area (TPSA) is 131 Å². The summed E-state index contributed by atoms with van der Waals surface area (Å²) < 4.78 is 81.1. The first-order chi connectivity index (χ1) is 18.9. The summed E-state index contributed by atoms with van der Waals surface area (Å²) in [6.07, 6.45) is -6.31. The minimum absolute atomic E-state index is 0.00613. The third-order valence-corrected chi connectivity index (χ3v) is 9.01. The summed E-state index contributed by atoms with van der Waals surface area (Å²) in [6.45, 7) is 4.39. The van der Waals surface area contributed by atoms with Crippen molar-refractivity contribution >= 4 is 23.6 Å². The Morgan fingerprint density at radius 1 is 1.10 bits per heavy atom. The first-order valence-electron chi connectivity index (χ1n) is 13.6. The Kier molecular flexibility index (Phi) is 8.03. The van der Waals surface area contributed by atoms with Crippen molar-refractivity contribution in [3.05, 3.63) is 0 Å². The van der Waals surface area contributed by atoms with Gasteiger partial charge in [-0.05, 0) is 54.8 Å². The molecule has 41 heavy (non-hydrogen) atoms. The predicted octanol–water partition coefficient (Wildman–Crippen LogP) is 2.07. The van der Waals surface area contributed by atoms with Gasteiger partial charge < -0.3 is 20.9 Å². The first-order valence-corrected chi connectivity index (χ1v) is 13.6. The summed E-state index contributed by atoms with van der Waals surface area (Å²) in [5.74, 6) is -12.9. The molecule has 228 valence electrons. The number of hydrogen-bond acceptors (Lipinski definition) is 5. The number of likely N-dealkylation sites (tertiary alicyclic amines) is 1. The third-order valence-electron chi connectivity index (χ3n) is 9.01. The van der Waals surface area contributed by atoms with Crippen LogP contribution in [0.5, 0.6) is 0 Å². The van der Waals surface area contributed by atoms with Crippen LogP contribution in [0.1, 0.15) is 46.5 Å². The molecule has 0 aromatic carbocycles. The van der Waals surface area contributed by atoms with E-state index in [9.17, 15) is 50.8 Å². The van der Waals surface area contributed by atoms with Crippen molar-refractivity contribution in [2.45, 2.75) is 82.9 Å². The largest absolute Gasteiger partial charge is 0.463 e. The number of alkyl halides is 6. The molecule has 2 aliphatic heterocycles. The zero-order valence-corrected chi connectivity index (χ0v) is 22.7. The lowest BCUT2D eigenvalue weighted by atomic mass is 9.77. The molecule has 2 bridgehead atoms. The van der Waals surface area contributed by atoms with Crippen molar-refractivity contribution in [3.63, 3.8) is 0 Å². The summed E-state index contributed by atoms with van der Waals surface area (Å²) >= 11 is 0. The average Bonchev–Trinajstić information content (AvgIpc) is 3.61. The van der Waals surface area contributed by atoms with Gasteiger partial charge in [-0.1, -0.05) is 20.8 Å². The van der Waals surface area contributed by atoms with Crippen molar-refractivity contribution < 1.29 is 45.5 Å². The van der Waals surface area contributed by atoms with Gasteiger partial charge in [0.2, 0.25) is 17.7 Å². The third kappa shape index (κ3) is 5.58. The molecule has 0 spiro atoms. The zero-order chi connectivity index (χ0) is 30.7. The van der Waals surface area contributed by atoms with Crippen molar-refractivity contribution in [1.29, 1.82) is 5.26 Å². The normalized spacial score (nSPS) is 32.6. The fraction of sp³-hybridized carbons (Fsp3) is 0.808. The molecule has 2 saturated heterocycles. The van der Waals surface area contributed by atoms with Gasteiger partial charge in [-0.3, -0.25) is 19.2 Å². The summed E-state index contributed by atoms with van der Waals surface area (Å²) in [5.41, 5.74) is -1.36. The van der Waals surface area contributed by atoms with Crippen LogP contribution in [-0.2, 0) is 19.2 Å². The van der Waals surface area contributed by atoms with Crippen molar-refractivity contribution in [3.8, 4) is 6.07 Å². The Bertz CT molecular complexity index is 1130. The Morgan fingerprint density at radius 3 is 2.29 bits per heavy atom. The van der Waals surface area contributed by atoms with E-state index in [0.717, 1.165) is 4.90 Å². The molecule has 2 saturated carbocycles. The van der Waals surface area contributed by atoms with Crippen LogP contribution in [0.2, 0.25) is 0 Å². The molecule has 4 fully saturated rings. The SMILES string of the molecule is CC(C)(C)[C@H](NC(=O)C(F)(F)C(F)(F)F)C(=O)N1CC2C3CC(F)C(C3)C2C1C(=O)N[C@H](C#N)C[C@@H]1CCNC1=O. The molecule has 0 aromatic heterocycles. The second-order valence-corrected chi connectivity index (χ2v) is 12.6. The molecule has 15 heteroatoms. The van der Waals surface area contributed by atoms with Crippen LogP contribution in [0.15, 0.2) is 0 Å². The quantitative estimate of drug-likeness (QED) is 0.389. The average molecular weight is 594 g/mol. The van der Waals surface area contributed by atoms with Crippen molar-refractivity contribution in [1.82, 2.24) is 20.9 Å². The van der Waals surface area contributed by atoms with Gasteiger partial charge in [0, 0.05) is 19.0 Å². The Labute approximate surface area is 232 Å². The molecular weight excluding hydrogens is 560 g/mol. The molecule has 2 aliphatic carbocycles. The molecule has 2 heterocycles. The lowest BCUT2D eigenvalue weighted by molar-refractivity contribution is -0.270. The molecule has 4 amide bonds.